The molecule has 116 valence electrons. The predicted octanol–water partition coefficient (Wildman–Crippen LogP) is 4.67. The van der Waals surface area contributed by atoms with Crippen molar-refractivity contribution in [3.63, 3.8) is 0 Å². The molecule has 24 heavy (non-hydrogen) atoms. The Kier molecular flexibility index (Phi) is 2.81. The molecule has 0 radical (unpaired) electrons. The predicted molar refractivity (Wildman–Crippen MR) is 101 cm³/mol. The maximum Gasteiger partial charge on any atom is 0.0497 e. The van der Waals surface area contributed by atoms with Crippen LogP contribution in [-0.4, -0.2) is 0 Å². The Hall–Kier alpha value is -2.68. The molecule has 1 aliphatic rings. The molecule has 0 spiro atoms. The van der Waals surface area contributed by atoms with E-state index in [0.29, 0.717) is 0 Å². The molecular formula is C22H18N2. The third-order valence-electron chi connectivity index (χ3n) is 5.28. The quantitative estimate of drug-likeness (QED) is 0.496. The molecule has 2 heteroatoms. The van der Waals surface area contributed by atoms with Gasteiger partial charge >= 0.3 is 0 Å². The molecule has 4 aromatic rings. The Morgan fingerprint density at radius 1 is 0.500 bits per heavy atom. The Balaban J connectivity index is 2.02. The topological polar surface area (TPSA) is 52.0 Å². The van der Waals surface area contributed by atoms with Crippen molar-refractivity contribution < 1.29 is 0 Å². The lowest BCUT2D eigenvalue weighted by Gasteiger charge is -2.32. The molecule has 4 aromatic carbocycles. The fraction of sp³-hybridized carbons (Fsp3) is 0.0909. The summed E-state index contributed by atoms with van der Waals surface area (Å²) >= 11 is 0. The summed E-state index contributed by atoms with van der Waals surface area (Å²) in [6, 6.07) is 25.2. The molecule has 4 N–H and O–H groups in total. The lowest BCUT2D eigenvalue weighted by atomic mass is 9.76. The SMILES string of the molecule is N[C@@H]1c2ccc3ccccc3c2-c2c(ccc3ccccc23)[C@H]1N. The van der Waals surface area contributed by atoms with E-state index in [4.69, 9.17) is 11.5 Å². The molecule has 5 rings (SSSR count). The van der Waals surface area contributed by atoms with Gasteiger partial charge in [-0.3, -0.25) is 0 Å². The van der Waals surface area contributed by atoms with Crippen LogP contribution in [0.2, 0.25) is 0 Å². The van der Waals surface area contributed by atoms with Gasteiger partial charge in [0.15, 0.2) is 0 Å². The third-order valence-corrected chi connectivity index (χ3v) is 5.28. The van der Waals surface area contributed by atoms with E-state index >= 15 is 0 Å². The molecule has 0 heterocycles. The van der Waals surface area contributed by atoms with Crippen molar-refractivity contribution in [2.75, 3.05) is 0 Å². The van der Waals surface area contributed by atoms with Gasteiger partial charge in [0.05, 0.1) is 0 Å². The second-order valence-electron chi connectivity index (χ2n) is 6.55. The van der Waals surface area contributed by atoms with Crippen LogP contribution in [0.15, 0.2) is 72.8 Å². The van der Waals surface area contributed by atoms with Crippen LogP contribution in [0.25, 0.3) is 32.7 Å². The largest absolute Gasteiger partial charge is 0.322 e. The monoisotopic (exact) mass is 310 g/mol. The second-order valence-corrected chi connectivity index (χ2v) is 6.55. The van der Waals surface area contributed by atoms with Gasteiger partial charge in [-0.1, -0.05) is 72.8 Å². The molecule has 2 nitrogen and oxygen atoms in total. The minimum atomic E-state index is -0.182. The first kappa shape index (κ1) is 13.7. The fourth-order valence-corrected chi connectivity index (χ4v) is 4.08. The highest BCUT2D eigenvalue weighted by molar-refractivity contribution is 6.08. The van der Waals surface area contributed by atoms with Crippen molar-refractivity contribution in [3.05, 3.63) is 83.9 Å². The van der Waals surface area contributed by atoms with E-state index in [9.17, 15) is 0 Å². The average Bonchev–Trinajstić information content (AvgIpc) is 2.64. The van der Waals surface area contributed by atoms with Gasteiger partial charge < -0.3 is 11.5 Å². The third kappa shape index (κ3) is 1.72. The lowest BCUT2D eigenvalue weighted by Crippen LogP contribution is -2.30. The van der Waals surface area contributed by atoms with Crippen molar-refractivity contribution in [3.8, 4) is 11.1 Å². The maximum absolute atomic E-state index is 6.51. The van der Waals surface area contributed by atoms with Crippen LogP contribution in [0.1, 0.15) is 23.2 Å². The summed E-state index contributed by atoms with van der Waals surface area (Å²) in [5.74, 6) is 0. The summed E-state index contributed by atoms with van der Waals surface area (Å²) in [6.07, 6.45) is 0. The van der Waals surface area contributed by atoms with Crippen LogP contribution < -0.4 is 11.5 Å². The van der Waals surface area contributed by atoms with Gasteiger partial charge in [0, 0.05) is 12.1 Å². The summed E-state index contributed by atoms with van der Waals surface area (Å²) < 4.78 is 0. The van der Waals surface area contributed by atoms with Crippen molar-refractivity contribution >= 4 is 21.5 Å². The average molecular weight is 310 g/mol. The molecule has 1 aliphatic carbocycles. The molecule has 0 amide bonds. The van der Waals surface area contributed by atoms with Gasteiger partial charge in [-0.05, 0) is 43.8 Å². The number of nitrogens with two attached hydrogens (primary N) is 2. The first-order valence-corrected chi connectivity index (χ1v) is 8.30. The van der Waals surface area contributed by atoms with Crippen molar-refractivity contribution in [1.29, 1.82) is 0 Å². The van der Waals surface area contributed by atoms with Gasteiger partial charge in [-0.15, -0.1) is 0 Å². The van der Waals surface area contributed by atoms with Crippen molar-refractivity contribution in [2.45, 2.75) is 12.1 Å². The number of hydrogen-bond acceptors (Lipinski definition) is 2. The molecule has 0 aliphatic heterocycles. The Bertz CT molecular complexity index is 1010. The highest BCUT2D eigenvalue weighted by Crippen LogP contribution is 2.48. The molecule has 0 saturated heterocycles. The van der Waals surface area contributed by atoms with Gasteiger partial charge in [0.2, 0.25) is 0 Å². The summed E-state index contributed by atoms with van der Waals surface area (Å²) in [5, 5.41) is 4.96. The Morgan fingerprint density at radius 2 is 0.917 bits per heavy atom. The highest BCUT2D eigenvalue weighted by Gasteiger charge is 2.31. The molecule has 0 saturated carbocycles. The number of benzene rings is 4. The number of rotatable bonds is 0. The first-order valence-electron chi connectivity index (χ1n) is 8.30. The van der Waals surface area contributed by atoms with Gasteiger partial charge in [-0.25, -0.2) is 0 Å². The first-order chi connectivity index (χ1) is 11.8. The van der Waals surface area contributed by atoms with Gasteiger partial charge in [-0.2, -0.15) is 0 Å². The fourth-order valence-electron chi connectivity index (χ4n) is 4.08. The second kappa shape index (κ2) is 4.91. The van der Waals surface area contributed by atoms with E-state index in [0.717, 1.165) is 11.1 Å². The zero-order valence-electron chi connectivity index (χ0n) is 13.2. The molecule has 2 atom stereocenters. The van der Waals surface area contributed by atoms with Crippen LogP contribution in [0.4, 0.5) is 0 Å². The highest BCUT2D eigenvalue weighted by atomic mass is 14.8. The standard InChI is InChI=1S/C22H18N2/c23-21-17-11-9-13-5-1-3-7-15(13)19(17)20-16-8-4-2-6-14(16)10-12-18(20)22(21)24/h1-12,21-22H,23-24H2/t21-,22-/m1/s1. The number of fused-ring (bicyclic) bond motifs is 7. The van der Waals surface area contributed by atoms with Crippen LogP contribution in [-0.2, 0) is 0 Å². The van der Waals surface area contributed by atoms with Crippen molar-refractivity contribution in [2.24, 2.45) is 11.5 Å². The van der Waals surface area contributed by atoms with E-state index in [2.05, 4.69) is 72.8 Å². The number of hydrogen-bond donors (Lipinski definition) is 2. The minimum Gasteiger partial charge on any atom is -0.322 e. The van der Waals surface area contributed by atoms with Crippen LogP contribution in [0, 0.1) is 0 Å². The minimum absolute atomic E-state index is 0.182. The molecule has 0 fully saturated rings. The van der Waals surface area contributed by atoms with E-state index in [1.165, 1.54) is 32.7 Å². The van der Waals surface area contributed by atoms with E-state index in [1.54, 1.807) is 0 Å². The Morgan fingerprint density at radius 3 is 1.38 bits per heavy atom. The van der Waals surface area contributed by atoms with Crippen LogP contribution in [0.3, 0.4) is 0 Å². The Labute approximate surface area is 140 Å². The molecular weight excluding hydrogens is 292 g/mol. The molecule has 0 bridgehead atoms. The van der Waals surface area contributed by atoms with Gasteiger partial charge in [0.1, 0.15) is 0 Å². The summed E-state index contributed by atoms with van der Waals surface area (Å²) in [7, 11) is 0. The van der Waals surface area contributed by atoms with Crippen LogP contribution in [0.5, 0.6) is 0 Å². The summed E-state index contributed by atoms with van der Waals surface area (Å²) in [4.78, 5) is 0. The summed E-state index contributed by atoms with van der Waals surface area (Å²) in [5.41, 5.74) is 17.8. The van der Waals surface area contributed by atoms with E-state index < -0.39 is 0 Å². The normalized spacial score (nSPS) is 19.2. The summed E-state index contributed by atoms with van der Waals surface area (Å²) in [6.45, 7) is 0. The zero-order valence-corrected chi connectivity index (χ0v) is 13.2. The molecule has 0 aromatic heterocycles. The van der Waals surface area contributed by atoms with Crippen LogP contribution >= 0.6 is 0 Å². The van der Waals surface area contributed by atoms with Crippen molar-refractivity contribution in [1.82, 2.24) is 0 Å². The zero-order chi connectivity index (χ0) is 16.3. The van der Waals surface area contributed by atoms with E-state index in [1.807, 2.05) is 0 Å². The van der Waals surface area contributed by atoms with Gasteiger partial charge in [0.25, 0.3) is 0 Å². The van der Waals surface area contributed by atoms with E-state index in [-0.39, 0.29) is 12.1 Å². The maximum atomic E-state index is 6.51. The molecule has 0 unspecified atom stereocenters. The lowest BCUT2D eigenvalue weighted by molar-refractivity contribution is 0.569. The smallest absolute Gasteiger partial charge is 0.0497 e.